The van der Waals surface area contributed by atoms with Crippen LogP contribution in [0.3, 0.4) is 0 Å². The number of carbonyl (C=O) groups excluding carboxylic acids is 1. The molecule has 4 bridgehead atoms. The van der Waals surface area contributed by atoms with Gasteiger partial charge < -0.3 is 14.2 Å². The minimum Gasteiger partial charge on any atom is -0.459 e. The minimum absolute atomic E-state index is 0.0365. The van der Waals surface area contributed by atoms with Crippen molar-refractivity contribution in [2.24, 2.45) is 17.8 Å². The van der Waals surface area contributed by atoms with Gasteiger partial charge in [-0.1, -0.05) is 11.8 Å². The Balaban J connectivity index is 1.23. The average molecular weight is 373 g/mol. The topological polar surface area (TPSA) is 81.2 Å². The molecule has 0 aliphatic heterocycles. The lowest BCUT2D eigenvalue weighted by atomic mass is 9.53. The van der Waals surface area contributed by atoms with Crippen LogP contribution >= 0.6 is 11.8 Å². The Labute approximate surface area is 156 Å². The number of carbonyl (C=O) groups is 1. The highest BCUT2D eigenvalue weighted by Gasteiger charge is 2.51. The number of amides is 1. The molecular formula is C19H23N3O3S. The van der Waals surface area contributed by atoms with Gasteiger partial charge in [-0.15, -0.1) is 10.2 Å². The molecule has 7 heteroatoms. The third-order valence-corrected chi connectivity index (χ3v) is 7.15. The largest absolute Gasteiger partial charge is 0.459 e. The van der Waals surface area contributed by atoms with E-state index in [2.05, 4.69) is 15.5 Å². The molecule has 2 aromatic rings. The van der Waals surface area contributed by atoms with Crippen molar-refractivity contribution < 1.29 is 13.6 Å². The Kier molecular flexibility index (Phi) is 3.88. The highest BCUT2D eigenvalue weighted by atomic mass is 32.2. The predicted molar refractivity (Wildman–Crippen MR) is 96.4 cm³/mol. The molecule has 1 amide bonds. The molecule has 138 valence electrons. The molecule has 6 nitrogen and oxygen atoms in total. The van der Waals surface area contributed by atoms with E-state index in [1.165, 1.54) is 31.0 Å². The van der Waals surface area contributed by atoms with Crippen LogP contribution in [0.25, 0.3) is 11.7 Å². The Morgan fingerprint density at radius 2 is 1.92 bits per heavy atom. The number of thioether (sulfide) groups is 1. The van der Waals surface area contributed by atoms with Gasteiger partial charge in [-0.3, -0.25) is 4.79 Å². The molecule has 0 spiro atoms. The number of furan rings is 1. The molecule has 4 fully saturated rings. The number of hydrogen-bond donors (Lipinski definition) is 1. The second-order valence-corrected chi connectivity index (χ2v) is 9.59. The standard InChI is InChI=1S/C19H23N3O3S/c1-11(26-18-22-21-17(25-18)15-3-2-4-24-15)16(23)20-19-8-12-5-13(9-19)7-14(6-12)10-19/h2-4,11-14H,5-10H2,1H3,(H,20,23)/t11-,12?,13?,14?,19?/m0/s1. The van der Waals surface area contributed by atoms with Crippen LogP contribution in [0.4, 0.5) is 0 Å². The van der Waals surface area contributed by atoms with Crippen molar-refractivity contribution in [2.45, 2.75) is 61.5 Å². The molecular weight excluding hydrogens is 350 g/mol. The zero-order chi connectivity index (χ0) is 17.7. The molecule has 1 atom stereocenters. The van der Waals surface area contributed by atoms with Crippen LogP contribution < -0.4 is 5.32 Å². The van der Waals surface area contributed by atoms with E-state index in [1.54, 1.807) is 18.4 Å². The van der Waals surface area contributed by atoms with E-state index in [1.807, 2.05) is 6.92 Å². The molecule has 4 saturated carbocycles. The van der Waals surface area contributed by atoms with Crippen molar-refractivity contribution in [3.8, 4) is 11.7 Å². The number of rotatable bonds is 5. The molecule has 1 N–H and O–H groups in total. The monoisotopic (exact) mass is 373 g/mol. The van der Waals surface area contributed by atoms with Crippen molar-refractivity contribution >= 4 is 17.7 Å². The van der Waals surface area contributed by atoms with Crippen LogP contribution in [0.15, 0.2) is 32.5 Å². The molecule has 26 heavy (non-hydrogen) atoms. The van der Waals surface area contributed by atoms with E-state index in [9.17, 15) is 4.79 Å². The highest BCUT2D eigenvalue weighted by Crippen LogP contribution is 2.55. The van der Waals surface area contributed by atoms with E-state index in [4.69, 9.17) is 8.83 Å². The van der Waals surface area contributed by atoms with Crippen molar-refractivity contribution in [2.75, 3.05) is 0 Å². The van der Waals surface area contributed by atoms with Gasteiger partial charge in [0.2, 0.25) is 5.91 Å². The van der Waals surface area contributed by atoms with E-state index in [0.29, 0.717) is 16.9 Å². The van der Waals surface area contributed by atoms with Gasteiger partial charge in [0.1, 0.15) is 0 Å². The first kappa shape index (κ1) is 16.4. The van der Waals surface area contributed by atoms with E-state index in [-0.39, 0.29) is 16.7 Å². The Morgan fingerprint density at radius 3 is 2.54 bits per heavy atom. The zero-order valence-corrected chi connectivity index (χ0v) is 15.6. The van der Waals surface area contributed by atoms with Gasteiger partial charge in [0, 0.05) is 5.54 Å². The van der Waals surface area contributed by atoms with Crippen molar-refractivity contribution in [3.05, 3.63) is 18.4 Å². The third kappa shape index (κ3) is 2.96. The van der Waals surface area contributed by atoms with Gasteiger partial charge in [0.25, 0.3) is 11.1 Å². The maximum atomic E-state index is 12.8. The van der Waals surface area contributed by atoms with E-state index >= 15 is 0 Å². The first-order chi connectivity index (χ1) is 12.6. The summed E-state index contributed by atoms with van der Waals surface area (Å²) in [5, 5.41) is 11.5. The van der Waals surface area contributed by atoms with E-state index < -0.39 is 0 Å². The summed E-state index contributed by atoms with van der Waals surface area (Å²) in [4.78, 5) is 12.8. The summed E-state index contributed by atoms with van der Waals surface area (Å²) < 4.78 is 10.9. The quantitative estimate of drug-likeness (QED) is 0.801. The van der Waals surface area contributed by atoms with E-state index in [0.717, 1.165) is 37.0 Å². The summed E-state index contributed by atoms with van der Waals surface area (Å²) in [6, 6.07) is 3.54. The fourth-order valence-corrected chi connectivity index (χ4v) is 6.27. The zero-order valence-electron chi connectivity index (χ0n) is 14.8. The van der Waals surface area contributed by atoms with Crippen LogP contribution in [0, 0.1) is 17.8 Å². The second kappa shape index (κ2) is 6.15. The molecule has 0 unspecified atom stereocenters. The molecule has 0 radical (unpaired) electrons. The normalized spacial score (nSPS) is 33.3. The summed E-state index contributed by atoms with van der Waals surface area (Å²) in [5.41, 5.74) is 0.0365. The molecule has 0 saturated heterocycles. The molecule has 2 aromatic heterocycles. The lowest BCUT2D eigenvalue weighted by Gasteiger charge is -2.57. The third-order valence-electron chi connectivity index (χ3n) is 6.21. The molecule has 0 aromatic carbocycles. The average Bonchev–Trinajstić information content (AvgIpc) is 3.23. The fraction of sp³-hybridized carbons (Fsp3) is 0.632. The first-order valence-corrected chi connectivity index (χ1v) is 10.3. The van der Waals surface area contributed by atoms with Crippen LogP contribution in [0.5, 0.6) is 0 Å². The number of nitrogens with zero attached hydrogens (tertiary/aromatic N) is 2. The summed E-state index contributed by atoms with van der Waals surface area (Å²) in [7, 11) is 0. The van der Waals surface area contributed by atoms with Crippen molar-refractivity contribution in [3.63, 3.8) is 0 Å². The summed E-state index contributed by atoms with van der Waals surface area (Å²) >= 11 is 1.30. The van der Waals surface area contributed by atoms with Crippen LogP contribution in [-0.4, -0.2) is 26.9 Å². The maximum absolute atomic E-state index is 12.8. The Bertz CT molecular complexity index is 766. The van der Waals surface area contributed by atoms with Crippen molar-refractivity contribution in [1.82, 2.24) is 15.5 Å². The lowest BCUT2D eigenvalue weighted by molar-refractivity contribution is -0.126. The SMILES string of the molecule is C[C@H](Sc1nnc(-c2ccco2)o1)C(=O)NC12CC3CC(CC(C3)C1)C2. The highest BCUT2D eigenvalue weighted by molar-refractivity contribution is 8.00. The van der Waals surface area contributed by atoms with Gasteiger partial charge in [-0.25, -0.2) is 0 Å². The number of aromatic nitrogens is 2. The smallest absolute Gasteiger partial charge is 0.284 e. The van der Waals surface area contributed by atoms with Gasteiger partial charge >= 0.3 is 0 Å². The fourth-order valence-electron chi connectivity index (χ4n) is 5.59. The van der Waals surface area contributed by atoms with Crippen molar-refractivity contribution in [1.29, 1.82) is 0 Å². The maximum Gasteiger partial charge on any atom is 0.284 e. The molecule has 2 heterocycles. The predicted octanol–water partition coefficient (Wildman–Crippen LogP) is 3.90. The van der Waals surface area contributed by atoms with Crippen LogP contribution in [-0.2, 0) is 4.79 Å². The van der Waals surface area contributed by atoms with Gasteiger partial charge in [-0.05, 0) is 75.3 Å². The van der Waals surface area contributed by atoms with Gasteiger partial charge in [-0.2, -0.15) is 0 Å². The minimum atomic E-state index is -0.270. The summed E-state index contributed by atoms with van der Waals surface area (Å²) in [5.74, 6) is 3.40. The summed E-state index contributed by atoms with van der Waals surface area (Å²) in [6.45, 7) is 1.90. The number of nitrogens with one attached hydrogen (secondary N) is 1. The molecule has 6 rings (SSSR count). The lowest BCUT2D eigenvalue weighted by Crippen LogP contribution is -2.60. The van der Waals surface area contributed by atoms with Gasteiger partial charge in [0.15, 0.2) is 5.76 Å². The number of hydrogen-bond acceptors (Lipinski definition) is 6. The summed E-state index contributed by atoms with van der Waals surface area (Å²) in [6.07, 6.45) is 9.15. The first-order valence-electron chi connectivity index (χ1n) is 9.45. The Hall–Kier alpha value is -1.76. The Morgan fingerprint density at radius 1 is 1.23 bits per heavy atom. The van der Waals surface area contributed by atoms with Crippen LogP contribution in [0.1, 0.15) is 45.4 Å². The molecule has 4 aliphatic rings. The second-order valence-electron chi connectivity index (χ2n) is 8.30. The van der Waals surface area contributed by atoms with Gasteiger partial charge in [0.05, 0.1) is 11.5 Å². The van der Waals surface area contributed by atoms with Crippen LogP contribution in [0.2, 0.25) is 0 Å². The molecule has 4 aliphatic carbocycles.